The number of nitrogens with one attached hydrogen (secondary N) is 1. The fourth-order valence-corrected chi connectivity index (χ4v) is 4.63. The summed E-state index contributed by atoms with van der Waals surface area (Å²) in [5, 5.41) is 3.90. The first-order valence-electron chi connectivity index (χ1n) is 11.0. The second-order valence-electron chi connectivity index (χ2n) is 8.02. The van der Waals surface area contributed by atoms with Crippen LogP contribution in [0, 0.1) is 13.8 Å². The summed E-state index contributed by atoms with van der Waals surface area (Å²) < 4.78 is 7.50. The van der Waals surface area contributed by atoms with Crippen LogP contribution in [0.15, 0.2) is 60.0 Å². The standard InChI is InChI=1S/C25H30N4O2S/c1-19-6-5-9-23(20(19)2)29-11-10-26-25(29)32-18-24(30)27-16-21-7-3-4-8-22(21)17-28-12-14-31-15-13-28/h3-11H,12-18H2,1-2H3,(H,27,30). The Bertz CT molecular complexity index is 1060. The highest BCUT2D eigenvalue weighted by atomic mass is 32.2. The van der Waals surface area contributed by atoms with E-state index in [2.05, 4.69) is 63.9 Å². The lowest BCUT2D eigenvalue weighted by atomic mass is 10.1. The maximum Gasteiger partial charge on any atom is 0.230 e. The minimum Gasteiger partial charge on any atom is -0.379 e. The molecule has 1 aromatic heterocycles. The van der Waals surface area contributed by atoms with Crippen molar-refractivity contribution in [2.75, 3.05) is 32.1 Å². The Labute approximate surface area is 194 Å². The summed E-state index contributed by atoms with van der Waals surface area (Å²) in [7, 11) is 0. The van der Waals surface area contributed by atoms with E-state index in [-0.39, 0.29) is 5.91 Å². The first-order valence-corrected chi connectivity index (χ1v) is 12.0. The van der Waals surface area contributed by atoms with Crippen molar-refractivity contribution in [3.63, 3.8) is 0 Å². The average Bonchev–Trinajstić information content (AvgIpc) is 3.28. The van der Waals surface area contributed by atoms with E-state index >= 15 is 0 Å². The molecule has 1 saturated heterocycles. The van der Waals surface area contributed by atoms with Gasteiger partial charge >= 0.3 is 0 Å². The number of benzene rings is 2. The molecule has 0 unspecified atom stereocenters. The van der Waals surface area contributed by atoms with Crippen LogP contribution in [0.25, 0.3) is 5.69 Å². The monoisotopic (exact) mass is 450 g/mol. The number of nitrogens with zero attached hydrogens (tertiary/aromatic N) is 3. The van der Waals surface area contributed by atoms with Crippen LogP contribution >= 0.6 is 11.8 Å². The zero-order chi connectivity index (χ0) is 22.3. The molecule has 1 N–H and O–H groups in total. The van der Waals surface area contributed by atoms with Gasteiger partial charge in [-0.25, -0.2) is 4.98 Å². The normalized spacial score (nSPS) is 14.4. The highest BCUT2D eigenvalue weighted by molar-refractivity contribution is 7.99. The molecular formula is C25H30N4O2S. The zero-order valence-electron chi connectivity index (χ0n) is 18.7. The number of hydrogen-bond acceptors (Lipinski definition) is 5. The van der Waals surface area contributed by atoms with E-state index in [0.717, 1.165) is 49.3 Å². The molecule has 168 valence electrons. The van der Waals surface area contributed by atoms with Gasteiger partial charge in [0.05, 0.1) is 24.7 Å². The van der Waals surface area contributed by atoms with Gasteiger partial charge in [0, 0.05) is 38.6 Å². The fraction of sp³-hybridized carbons (Fsp3) is 0.360. The highest BCUT2D eigenvalue weighted by Crippen LogP contribution is 2.24. The summed E-state index contributed by atoms with van der Waals surface area (Å²) in [4.78, 5) is 19.4. The van der Waals surface area contributed by atoms with Crippen molar-refractivity contribution in [3.05, 3.63) is 77.1 Å². The Morgan fingerprint density at radius 1 is 1.09 bits per heavy atom. The summed E-state index contributed by atoms with van der Waals surface area (Å²) in [6.07, 6.45) is 3.73. The van der Waals surface area contributed by atoms with E-state index in [9.17, 15) is 4.79 Å². The maximum absolute atomic E-state index is 12.6. The molecule has 2 heterocycles. The van der Waals surface area contributed by atoms with Crippen molar-refractivity contribution >= 4 is 17.7 Å². The smallest absolute Gasteiger partial charge is 0.230 e. The van der Waals surface area contributed by atoms with Gasteiger partial charge in [-0.3, -0.25) is 14.3 Å². The number of imidazole rings is 1. The van der Waals surface area contributed by atoms with Gasteiger partial charge in [0.15, 0.2) is 5.16 Å². The Hall–Kier alpha value is -2.61. The van der Waals surface area contributed by atoms with Crippen molar-refractivity contribution in [3.8, 4) is 5.69 Å². The molecule has 0 bridgehead atoms. The van der Waals surface area contributed by atoms with Crippen LogP contribution in [-0.2, 0) is 22.6 Å². The topological polar surface area (TPSA) is 59.4 Å². The number of aromatic nitrogens is 2. The molecule has 0 saturated carbocycles. The molecule has 32 heavy (non-hydrogen) atoms. The van der Waals surface area contributed by atoms with Gasteiger partial charge < -0.3 is 10.1 Å². The third kappa shape index (κ3) is 5.59. The predicted octanol–water partition coefficient (Wildman–Crippen LogP) is 3.73. The summed E-state index contributed by atoms with van der Waals surface area (Å²) in [5.41, 5.74) is 5.97. The number of thioether (sulfide) groups is 1. The lowest BCUT2D eigenvalue weighted by Crippen LogP contribution is -2.36. The minimum absolute atomic E-state index is 0.00619. The molecule has 1 fully saturated rings. The number of ether oxygens (including phenoxy) is 1. The van der Waals surface area contributed by atoms with Crippen molar-refractivity contribution < 1.29 is 9.53 Å². The van der Waals surface area contributed by atoms with Gasteiger partial charge in [0.2, 0.25) is 5.91 Å². The first-order chi connectivity index (χ1) is 15.6. The Balaban J connectivity index is 1.33. The Morgan fingerprint density at radius 2 is 1.88 bits per heavy atom. The van der Waals surface area contributed by atoms with Crippen LogP contribution in [0.5, 0.6) is 0 Å². The molecular weight excluding hydrogens is 420 g/mol. The lowest BCUT2D eigenvalue weighted by molar-refractivity contribution is -0.118. The Kier molecular flexibility index (Phi) is 7.63. The quantitative estimate of drug-likeness (QED) is 0.530. The van der Waals surface area contributed by atoms with E-state index in [1.807, 2.05) is 18.3 Å². The van der Waals surface area contributed by atoms with Crippen molar-refractivity contribution in [1.29, 1.82) is 0 Å². The number of aryl methyl sites for hydroxylation is 1. The number of amides is 1. The number of hydrogen-bond donors (Lipinski definition) is 1. The van der Waals surface area contributed by atoms with Crippen LogP contribution in [0.2, 0.25) is 0 Å². The maximum atomic E-state index is 12.6. The molecule has 0 aliphatic carbocycles. The van der Waals surface area contributed by atoms with Crippen LogP contribution in [0.4, 0.5) is 0 Å². The molecule has 4 rings (SSSR count). The third-order valence-electron chi connectivity index (χ3n) is 5.87. The summed E-state index contributed by atoms with van der Waals surface area (Å²) in [5.74, 6) is 0.333. The fourth-order valence-electron chi connectivity index (χ4n) is 3.84. The molecule has 6 nitrogen and oxygen atoms in total. The second-order valence-corrected chi connectivity index (χ2v) is 8.96. The van der Waals surface area contributed by atoms with E-state index in [1.165, 1.54) is 28.5 Å². The summed E-state index contributed by atoms with van der Waals surface area (Å²) in [6, 6.07) is 14.6. The predicted molar refractivity (Wildman–Crippen MR) is 128 cm³/mol. The molecule has 2 aromatic carbocycles. The molecule has 3 aromatic rings. The lowest BCUT2D eigenvalue weighted by Gasteiger charge is -2.27. The molecule has 1 aliphatic heterocycles. The minimum atomic E-state index is 0.00619. The van der Waals surface area contributed by atoms with E-state index < -0.39 is 0 Å². The molecule has 7 heteroatoms. The zero-order valence-corrected chi connectivity index (χ0v) is 19.5. The van der Waals surface area contributed by atoms with Crippen molar-refractivity contribution in [2.45, 2.75) is 32.1 Å². The van der Waals surface area contributed by atoms with Crippen LogP contribution < -0.4 is 5.32 Å². The highest BCUT2D eigenvalue weighted by Gasteiger charge is 2.14. The van der Waals surface area contributed by atoms with Crippen LogP contribution in [0.1, 0.15) is 22.3 Å². The number of carbonyl (C=O) groups excluding carboxylic acids is 1. The molecule has 0 atom stereocenters. The van der Waals surface area contributed by atoms with Gasteiger partial charge in [-0.15, -0.1) is 0 Å². The van der Waals surface area contributed by atoms with Crippen molar-refractivity contribution in [2.24, 2.45) is 0 Å². The number of rotatable bonds is 8. The SMILES string of the molecule is Cc1cccc(-n2ccnc2SCC(=O)NCc2ccccc2CN2CCOCC2)c1C. The summed E-state index contributed by atoms with van der Waals surface area (Å²) in [6.45, 7) is 9.10. The van der Waals surface area contributed by atoms with Gasteiger partial charge in [-0.2, -0.15) is 0 Å². The number of morpholine rings is 1. The molecule has 0 radical (unpaired) electrons. The second kappa shape index (κ2) is 10.8. The van der Waals surface area contributed by atoms with Crippen LogP contribution in [-0.4, -0.2) is 52.4 Å². The number of carbonyl (C=O) groups is 1. The average molecular weight is 451 g/mol. The van der Waals surface area contributed by atoms with E-state index in [4.69, 9.17) is 4.74 Å². The summed E-state index contributed by atoms with van der Waals surface area (Å²) >= 11 is 1.46. The largest absolute Gasteiger partial charge is 0.379 e. The first kappa shape index (κ1) is 22.6. The van der Waals surface area contributed by atoms with Gasteiger partial charge in [0.25, 0.3) is 0 Å². The van der Waals surface area contributed by atoms with Gasteiger partial charge in [-0.1, -0.05) is 48.2 Å². The van der Waals surface area contributed by atoms with Gasteiger partial charge in [0.1, 0.15) is 0 Å². The molecule has 0 spiro atoms. The Morgan fingerprint density at radius 3 is 2.69 bits per heavy atom. The van der Waals surface area contributed by atoms with Crippen LogP contribution in [0.3, 0.4) is 0 Å². The van der Waals surface area contributed by atoms with E-state index in [1.54, 1.807) is 6.20 Å². The molecule has 1 amide bonds. The van der Waals surface area contributed by atoms with E-state index in [0.29, 0.717) is 12.3 Å². The van der Waals surface area contributed by atoms with Crippen molar-refractivity contribution in [1.82, 2.24) is 19.8 Å². The van der Waals surface area contributed by atoms with Gasteiger partial charge in [-0.05, 0) is 42.2 Å². The molecule has 1 aliphatic rings. The third-order valence-corrected chi connectivity index (χ3v) is 6.83.